The van der Waals surface area contributed by atoms with E-state index in [1.165, 1.54) is 6.42 Å². The van der Waals surface area contributed by atoms with E-state index < -0.39 is 0 Å². The molecule has 0 N–H and O–H groups in total. The van der Waals surface area contributed by atoms with Gasteiger partial charge in [-0.15, -0.1) is 0 Å². The van der Waals surface area contributed by atoms with Crippen LogP contribution in [0.25, 0.3) is 0 Å². The Kier molecular flexibility index (Phi) is 2.00. The zero-order valence-corrected chi connectivity index (χ0v) is 5.33. The van der Waals surface area contributed by atoms with E-state index in [1.807, 2.05) is 11.8 Å². The summed E-state index contributed by atoms with van der Waals surface area (Å²) in [6, 6.07) is 0. The number of hydrogen-bond donors (Lipinski definition) is 0. The van der Waals surface area contributed by atoms with Crippen molar-refractivity contribution in [1.82, 2.24) is 0 Å². The van der Waals surface area contributed by atoms with Gasteiger partial charge < -0.3 is 4.74 Å². The molecule has 0 radical (unpaired) electrons. The summed E-state index contributed by atoms with van der Waals surface area (Å²) < 4.78 is 5.13. The van der Waals surface area contributed by atoms with Crippen LogP contribution in [0.5, 0.6) is 0 Å². The Labute approximate surface area is 48.4 Å². The Bertz CT molecular complexity index is 50.0. The molecule has 1 nitrogen and oxygen atoms in total. The molecule has 1 aliphatic rings. The van der Waals surface area contributed by atoms with E-state index in [9.17, 15) is 0 Å². The van der Waals surface area contributed by atoms with Gasteiger partial charge in [0.1, 0.15) is 0 Å². The second kappa shape index (κ2) is 2.58. The maximum absolute atomic E-state index is 5.13. The Morgan fingerprint density at radius 3 is 2.86 bits per heavy atom. The second-order valence-electron chi connectivity index (χ2n) is 1.72. The first-order valence-corrected chi connectivity index (χ1v) is 3.83. The average Bonchev–Trinajstić information content (AvgIpc) is 2.14. The highest BCUT2D eigenvalue weighted by Gasteiger charge is 2.12. The van der Waals surface area contributed by atoms with Crippen LogP contribution in [0.2, 0.25) is 0 Å². The van der Waals surface area contributed by atoms with E-state index in [0.717, 1.165) is 18.5 Å². The molecule has 1 saturated heterocycles. The molecule has 1 heterocycles. The number of thioether (sulfide) groups is 1. The minimum Gasteiger partial charge on any atom is -0.380 e. The molecule has 1 unspecified atom stereocenters. The molecule has 0 aliphatic carbocycles. The lowest BCUT2D eigenvalue weighted by Gasteiger charge is -1.97. The molecule has 0 bridgehead atoms. The van der Waals surface area contributed by atoms with Gasteiger partial charge in [-0.1, -0.05) is 0 Å². The third kappa shape index (κ3) is 1.35. The van der Waals surface area contributed by atoms with E-state index in [-0.39, 0.29) is 0 Å². The van der Waals surface area contributed by atoms with E-state index in [0.29, 0.717) is 0 Å². The third-order valence-corrected chi connectivity index (χ3v) is 2.26. The number of rotatable bonds is 1. The highest BCUT2D eigenvalue weighted by atomic mass is 32.2. The Morgan fingerprint density at radius 2 is 2.57 bits per heavy atom. The first kappa shape index (κ1) is 5.45. The van der Waals surface area contributed by atoms with Crippen molar-refractivity contribution in [2.45, 2.75) is 11.7 Å². The quantitative estimate of drug-likeness (QED) is 0.510. The molecule has 0 saturated carbocycles. The van der Waals surface area contributed by atoms with Crippen molar-refractivity contribution >= 4 is 11.8 Å². The minimum absolute atomic E-state index is 0.792. The van der Waals surface area contributed by atoms with Gasteiger partial charge in [-0.05, 0) is 12.7 Å². The van der Waals surface area contributed by atoms with Crippen molar-refractivity contribution in [2.75, 3.05) is 19.5 Å². The zero-order chi connectivity index (χ0) is 5.11. The fraction of sp³-hybridized carbons (Fsp3) is 1.00. The summed E-state index contributed by atoms with van der Waals surface area (Å²) in [6.07, 6.45) is 3.39. The van der Waals surface area contributed by atoms with Crippen molar-refractivity contribution in [2.24, 2.45) is 0 Å². The number of ether oxygens (including phenoxy) is 1. The third-order valence-electron chi connectivity index (χ3n) is 1.22. The SMILES string of the molecule is CSC1CCOC1. The molecular formula is C5H10OS. The molecule has 1 aliphatic heterocycles. The molecule has 0 aromatic carbocycles. The van der Waals surface area contributed by atoms with Crippen molar-refractivity contribution in [3.05, 3.63) is 0 Å². The van der Waals surface area contributed by atoms with E-state index in [2.05, 4.69) is 6.26 Å². The van der Waals surface area contributed by atoms with Crippen molar-refractivity contribution < 1.29 is 4.74 Å². The highest BCUT2D eigenvalue weighted by molar-refractivity contribution is 7.99. The molecule has 0 amide bonds. The van der Waals surface area contributed by atoms with E-state index in [4.69, 9.17) is 4.74 Å². The minimum atomic E-state index is 0.792. The van der Waals surface area contributed by atoms with Crippen LogP contribution in [0.15, 0.2) is 0 Å². The second-order valence-corrected chi connectivity index (χ2v) is 2.86. The topological polar surface area (TPSA) is 9.23 Å². The normalized spacial score (nSPS) is 31.3. The van der Waals surface area contributed by atoms with Crippen LogP contribution < -0.4 is 0 Å². The van der Waals surface area contributed by atoms with Crippen LogP contribution in [0.1, 0.15) is 6.42 Å². The van der Waals surface area contributed by atoms with Crippen LogP contribution in [0.3, 0.4) is 0 Å². The molecule has 1 atom stereocenters. The van der Waals surface area contributed by atoms with E-state index in [1.54, 1.807) is 0 Å². The first-order valence-electron chi connectivity index (χ1n) is 2.54. The monoisotopic (exact) mass is 118 g/mol. The molecule has 0 spiro atoms. The highest BCUT2D eigenvalue weighted by Crippen LogP contribution is 2.16. The number of hydrogen-bond acceptors (Lipinski definition) is 2. The summed E-state index contributed by atoms with van der Waals surface area (Å²) in [6.45, 7) is 1.95. The van der Waals surface area contributed by atoms with Crippen molar-refractivity contribution in [3.63, 3.8) is 0 Å². The van der Waals surface area contributed by atoms with Crippen LogP contribution in [-0.2, 0) is 4.74 Å². The van der Waals surface area contributed by atoms with Gasteiger partial charge in [0, 0.05) is 11.9 Å². The predicted octanol–water partition coefficient (Wildman–Crippen LogP) is 1.14. The standard InChI is InChI=1S/C5H10OS/c1-7-5-2-3-6-4-5/h5H,2-4H2,1H3. The molecule has 1 fully saturated rings. The summed E-state index contributed by atoms with van der Waals surface area (Å²) in [5.74, 6) is 0. The summed E-state index contributed by atoms with van der Waals surface area (Å²) >= 11 is 1.91. The van der Waals surface area contributed by atoms with E-state index >= 15 is 0 Å². The van der Waals surface area contributed by atoms with Gasteiger partial charge in [0.25, 0.3) is 0 Å². The first-order chi connectivity index (χ1) is 3.43. The maximum Gasteiger partial charge on any atom is 0.0585 e. The molecule has 0 aromatic rings. The smallest absolute Gasteiger partial charge is 0.0585 e. The van der Waals surface area contributed by atoms with Crippen LogP contribution in [0, 0.1) is 0 Å². The largest absolute Gasteiger partial charge is 0.380 e. The van der Waals surface area contributed by atoms with Gasteiger partial charge in [0.05, 0.1) is 6.61 Å². The maximum atomic E-state index is 5.13. The molecular weight excluding hydrogens is 108 g/mol. The van der Waals surface area contributed by atoms with Crippen LogP contribution >= 0.6 is 11.8 Å². The predicted molar refractivity (Wildman–Crippen MR) is 32.7 cm³/mol. The molecule has 7 heavy (non-hydrogen) atoms. The lowest BCUT2D eigenvalue weighted by atomic mass is 10.4. The van der Waals surface area contributed by atoms with Crippen LogP contribution in [-0.4, -0.2) is 24.7 Å². The fourth-order valence-electron chi connectivity index (χ4n) is 0.699. The van der Waals surface area contributed by atoms with Crippen LogP contribution in [0.4, 0.5) is 0 Å². The van der Waals surface area contributed by atoms with Gasteiger partial charge in [-0.2, -0.15) is 11.8 Å². The van der Waals surface area contributed by atoms with Gasteiger partial charge >= 0.3 is 0 Å². The molecule has 0 aromatic heterocycles. The Morgan fingerprint density at radius 1 is 1.71 bits per heavy atom. The van der Waals surface area contributed by atoms with Gasteiger partial charge in [0.2, 0.25) is 0 Å². The lowest BCUT2D eigenvalue weighted by Crippen LogP contribution is -1.97. The summed E-state index contributed by atoms with van der Waals surface area (Å²) in [5, 5.41) is 0.792. The van der Waals surface area contributed by atoms with Gasteiger partial charge in [-0.3, -0.25) is 0 Å². The Balaban J connectivity index is 2.14. The summed E-state index contributed by atoms with van der Waals surface area (Å²) in [4.78, 5) is 0. The fourth-order valence-corrected chi connectivity index (χ4v) is 1.26. The zero-order valence-electron chi connectivity index (χ0n) is 4.52. The molecule has 42 valence electrons. The van der Waals surface area contributed by atoms with Gasteiger partial charge in [-0.25, -0.2) is 0 Å². The van der Waals surface area contributed by atoms with Gasteiger partial charge in [0.15, 0.2) is 0 Å². The van der Waals surface area contributed by atoms with Crippen molar-refractivity contribution in [1.29, 1.82) is 0 Å². The molecule has 2 heteroatoms. The summed E-state index contributed by atoms with van der Waals surface area (Å²) in [7, 11) is 0. The summed E-state index contributed by atoms with van der Waals surface area (Å²) in [5.41, 5.74) is 0. The Hall–Kier alpha value is 0.310. The van der Waals surface area contributed by atoms with Crippen molar-refractivity contribution in [3.8, 4) is 0 Å². The molecule has 1 rings (SSSR count). The lowest BCUT2D eigenvalue weighted by molar-refractivity contribution is 0.199. The average molecular weight is 118 g/mol.